The summed E-state index contributed by atoms with van der Waals surface area (Å²) in [7, 11) is 0. The first-order valence-corrected chi connectivity index (χ1v) is 12.7. The van der Waals surface area contributed by atoms with Gasteiger partial charge in [0.05, 0.1) is 0 Å². The summed E-state index contributed by atoms with van der Waals surface area (Å²) in [4.78, 5) is 31.3. The molecular formula is C26H32N10O. The Morgan fingerprint density at radius 1 is 0.811 bits per heavy atom. The molecule has 0 radical (unpaired) electrons. The Morgan fingerprint density at radius 3 is 2.24 bits per heavy atom. The van der Waals surface area contributed by atoms with Gasteiger partial charge >= 0.3 is 0 Å². The summed E-state index contributed by atoms with van der Waals surface area (Å²) in [6, 6.07) is 13.3. The van der Waals surface area contributed by atoms with Crippen molar-refractivity contribution in [1.82, 2.24) is 15.0 Å². The number of piperidine rings is 1. The number of rotatable bonds is 5. The van der Waals surface area contributed by atoms with Crippen molar-refractivity contribution in [2.45, 2.75) is 37.0 Å². The van der Waals surface area contributed by atoms with Crippen LogP contribution in [0.15, 0.2) is 42.5 Å². The molecule has 3 aliphatic rings. The molecule has 1 aromatic heterocycles. The van der Waals surface area contributed by atoms with E-state index in [1.165, 1.54) is 0 Å². The lowest BCUT2D eigenvalue weighted by atomic mass is 10.0. The molecule has 2 aliphatic heterocycles. The van der Waals surface area contributed by atoms with Gasteiger partial charge in [-0.2, -0.15) is 15.0 Å². The second-order valence-electron chi connectivity index (χ2n) is 10.2. The third-order valence-corrected chi connectivity index (χ3v) is 7.37. The second kappa shape index (κ2) is 9.34. The lowest BCUT2D eigenvalue weighted by Crippen LogP contribution is -2.53. The van der Waals surface area contributed by atoms with Crippen molar-refractivity contribution in [3.8, 4) is 11.1 Å². The predicted octanol–water partition coefficient (Wildman–Crippen LogP) is 0.556. The van der Waals surface area contributed by atoms with E-state index >= 15 is 0 Å². The minimum absolute atomic E-state index is 0.00800. The molecule has 4 atom stereocenters. The van der Waals surface area contributed by atoms with Gasteiger partial charge in [-0.15, -0.1) is 0 Å². The Balaban J connectivity index is 1.36. The van der Waals surface area contributed by atoms with Crippen LogP contribution in [-0.2, 0) is 0 Å². The van der Waals surface area contributed by atoms with Gasteiger partial charge in [0.1, 0.15) is 0 Å². The molecular weight excluding hydrogens is 468 g/mol. The highest BCUT2D eigenvalue weighted by atomic mass is 16.1. The number of nitrogens with one attached hydrogen (secondary N) is 1. The van der Waals surface area contributed by atoms with Crippen molar-refractivity contribution in [2.75, 3.05) is 41.3 Å². The molecule has 1 aliphatic carbocycles. The Hall–Kier alpha value is -3.64. The van der Waals surface area contributed by atoms with Crippen molar-refractivity contribution in [3.63, 3.8) is 0 Å². The third-order valence-electron chi connectivity index (χ3n) is 7.37. The largest absolute Gasteiger partial charge is 0.338 e. The van der Waals surface area contributed by atoms with E-state index in [1.807, 2.05) is 52.3 Å². The summed E-state index contributed by atoms with van der Waals surface area (Å²) >= 11 is 0. The van der Waals surface area contributed by atoms with Gasteiger partial charge in [-0.05, 0) is 36.1 Å². The predicted molar refractivity (Wildman–Crippen MR) is 144 cm³/mol. The van der Waals surface area contributed by atoms with Gasteiger partial charge in [-0.1, -0.05) is 30.3 Å². The standard InChI is InChI=1S/C26H32N10O/c27-10-18-8-16(30)13-36(18)26-33-24(32-25(34-26)35-11-14(28)7-15(29)12-35)31-17-5-6-20-19-3-1-2-4-21(19)23(37)22(20)9-17/h1-6,9,14-16,18H,7-8,10-13,27-30H2,(H,31,32,33,34)/t14-,15+,16-,18-/m0/s1. The molecule has 2 aromatic carbocycles. The topological polar surface area (TPSA) is 178 Å². The smallest absolute Gasteiger partial charge is 0.233 e. The van der Waals surface area contributed by atoms with Crippen LogP contribution in [0.2, 0.25) is 0 Å². The van der Waals surface area contributed by atoms with E-state index in [9.17, 15) is 4.79 Å². The first kappa shape index (κ1) is 23.7. The zero-order chi connectivity index (χ0) is 25.7. The number of carbonyl (C=O) groups excluding carboxylic acids is 1. The fourth-order valence-corrected chi connectivity index (χ4v) is 5.68. The number of hydrogen-bond acceptors (Lipinski definition) is 11. The maximum absolute atomic E-state index is 13.0. The Bertz CT molecular complexity index is 1340. The first-order valence-electron chi connectivity index (χ1n) is 12.7. The van der Waals surface area contributed by atoms with E-state index in [4.69, 9.17) is 37.9 Å². The molecule has 0 spiro atoms. The molecule has 0 amide bonds. The Morgan fingerprint density at radius 2 is 1.49 bits per heavy atom. The highest BCUT2D eigenvalue weighted by molar-refractivity contribution is 6.22. The van der Waals surface area contributed by atoms with E-state index in [-0.39, 0.29) is 30.0 Å². The van der Waals surface area contributed by atoms with Gasteiger partial charge in [-0.3, -0.25) is 4.79 Å². The first-order chi connectivity index (χ1) is 17.9. The van der Waals surface area contributed by atoms with Crippen molar-refractivity contribution < 1.29 is 4.79 Å². The summed E-state index contributed by atoms with van der Waals surface area (Å²) in [5.41, 5.74) is 28.8. The zero-order valence-corrected chi connectivity index (χ0v) is 20.5. The van der Waals surface area contributed by atoms with Crippen molar-refractivity contribution in [1.29, 1.82) is 0 Å². The molecule has 37 heavy (non-hydrogen) atoms. The van der Waals surface area contributed by atoms with Crippen molar-refractivity contribution in [3.05, 3.63) is 53.6 Å². The van der Waals surface area contributed by atoms with E-state index < -0.39 is 0 Å². The average Bonchev–Trinajstić information content (AvgIpc) is 3.40. The van der Waals surface area contributed by atoms with Crippen LogP contribution < -0.4 is 38.1 Å². The fourth-order valence-electron chi connectivity index (χ4n) is 5.68. The molecule has 11 nitrogen and oxygen atoms in total. The summed E-state index contributed by atoms with van der Waals surface area (Å²) in [5, 5.41) is 3.30. The summed E-state index contributed by atoms with van der Waals surface area (Å²) in [5.74, 6) is 1.39. The molecule has 3 aromatic rings. The van der Waals surface area contributed by atoms with Gasteiger partial charge in [0.2, 0.25) is 17.8 Å². The molecule has 2 saturated heterocycles. The number of nitrogens with zero attached hydrogens (tertiary/aromatic N) is 5. The van der Waals surface area contributed by atoms with Gasteiger partial charge in [0, 0.05) is 67.2 Å². The zero-order valence-electron chi connectivity index (χ0n) is 20.5. The molecule has 3 heterocycles. The van der Waals surface area contributed by atoms with Crippen LogP contribution in [0.3, 0.4) is 0 Å². The monoisotopic (exact) mass is 500 g/mol. The van der Waals surface area contributed by atoms with Gasteiger partial charge in [0.15, 0.2) is 5.78 Å². The van der Waals surface area contributed by atoms with Crippen LogP contribution in [-0.4, -0.2) is 71.1 Å². The van der Waals surface area contributed by atoms with E-state index in [0.717, 1.165) is 29.5 Å². The lowest BCUT2D eigenvalue weighted by Gasteiger charge is -2.35. The number of nitrogens with two attached hydrogens (primary N) is 4. The molecule has 0 bridgehead atoms. The Kier molecular flexibility index (Phi) is 6.00. The fraction of sp³-hybridized carbons (Fsp3) is 0.385. The van der Waals surface area contributed by atoms with Crippen LogP contribution in [0, 0.1) is 0 Å². The molecule has 11 heteroatoms. The van der Waals surface area contributed by atoms with Gasteiger partial charge in [-0.25, -0.2) is 0 Å². The number of ketones is 1. The minimum atomic E-state index is -0.0678. The molecule has 6 rings (SSSR count). The number of aromatic nitrogens is 3. The average molecular weight is 501 g/mol. The number of anilines is 4. The van der Waals surface area contributed by atoms with Crippen molar-refractivity contribution in [2.24, 2.45) is 22.9 Å². The number of fused-ring (bicyclic) bond motifs is 3. The summed E-state index contributed by atoms with van der Waals surface area (Å²) < 4.78 is 0. The van der Waals surface area contributed by atoms with E-state index in [0.29, 0.717) is 55.3 Å². The van der Waals surface area contributed by atoms with E-state index in [2.05, 4.69) is 5.32 Å². The minimum Gasteiger partial charge on any atom is -0.338 e. The normalized spacial score (nSPS) is 24.8. The number of benzene rings is 2. The van der Waals surface area contributed by atoms with Crippen LogP contribution in [0.4, 0.5) is 23.5 Å². The SMILES string of the molecule is NC[C@@H]1C[C@H](N)CN1c1nc(Nc2ccc3c(c2)C(=O)c2ccccc2-3)nc(N2C[C@H](N)C[C@H](N)C2)n1. The highest BCUT2D eigenvalue weighted by Crippen LogP contribution is 2.38. The summed E-state index contributed by atoms with van der Waals surface area (Å²) in [6.07, 6.45) is 1.52. The lowest BCUT2D eigenvalue weighted by molar-refractivity contribution is 0.104. The van der Waals surface area contributed by atoms with Crippen molar-refractivity contribution >= 4 is 29.3 Å². The second-order valence-corrected chi connectivity index (χ2v) is 10.2. The molecule has 0 unspecified atom stereocenters. The maximum atomic E-state index is 13.0. The van der Waals surface area contributed by atoms with Crippen LogP contribution in [0.1, 0.15) is 28.8 Å². The quantitative estimate of drug-likeness (QED) is 0.258. The van der Waals surface area contributed by atoms with Gasteiger partial charge < -0.3 is 38.1 Å². The highest BCUT2D eigenvalue weighted by Gasteiger charge is 2.33. The molecule has 2 fully saturated rings. The van der Waals surface area contributed by atoms with Crippen LogP contribution in [0.5, 0.6) is 0 Å². The molecule has 9 N–H and O–H groups in total. The van der Waals surface area contributed by atoms with Crippen LogP contribution >= 0.6 is 0 Å². The molecule has 0 saturated carbocycles. The Labute approximate surface area is 215 Å². The van der Waals surface area contributed by atoms with Crippen LogP contribution in [0.25, 0.3) is 11.1 Å². The third kappa shape index (κ3) is 4.40. The van der Waals surface area contributed by atoms with E-state index in [1.54, 1.807) is 0 Å². The summed E-state index contributed by atoms with van der Waals surface area (Å²) in [6.45, 7) is 2.25. The number of carbonyl (C=O) groups is 1. The molecule has 192 valence electrons. The maximum Gasteiger partial charge on any atom is 0.233 e. The number of hydrogen-bond donors (Lipinski definition) is 5. The van der Waals surface area contributed by atoms with Gasteiger partial charge in [0.25, 0.3) is 0 Å².